The molecule has 4 heterocycles. The van der Waals surface area contributed by atoms with Gasteiger partial charge in [-0.25, -0.2) is 0 Å². The lowest BCUT2D eigenvalue weighted by atomic mass is 9.96. The van der Waals surface area contributed by atoms with Crippen molar-refractivity contribution < 1.29 is 4.74 Å². The molecule has 0 unspecified atom stereocenters. The molecule has 0 aliphatic carbocycles. The van der Waals surface area contributed by atoms with Crippen LogP contribution in [0.5, 0.6) is 5.75 Å². The zero-order chi connectivity index (χ0) is 22.8. The fourth-order valence-corrected chi connectivity index (χ4v) is 5.35. The van der Waals surface area contributed by atoms with E-state index in [1.807, 2.05) is 30.5 Å². The van der Waals surface area contributed by atoms with E-state index >= 15 is 0 Å². The van der Waals surface area contributed by atoms with Crippen LogP contribution in [0.4, 0.5) is 0 Å². The number of aromatic nitrogens is 2. The number of hydrogen-bond donors (Lipinski definition) is 1. The van der Waals surface area contributed by atoms with E-state index in [9.17, 15) is 4.79 Å². The quantitative estimate of drug-likeness (QED) is 0.613. The second-order valence-electron chi connectivity index (χ2n) is 9.34. The molecule has 174 valence electrons. The highest BCUT2D eigenvalue weighted by atomic mass is 35.5. The normalized spacial score (nSPS) is 18.6. The Morgan fingerprint density at radius 2 is 1.91 bits per heavy atom. The molecule has 0 bridgehead atoms. The Hall–Kier alpha value is -2.41. The third-order valence-corrected chi connectivity index (χ3v) is 7.33. The summed E-state index contributed by atoms with van der Waals surface area (Å²) in [7, 11) is 1.76. The van der Waals surface area contributed by atoms with Gasteiger partial charge in [-0.3, -0.25) is 9.78 Å². The van der Waals surface area contributed by atoms with Crippen molar-refractivity contribution >= 4 is 22.4 Å². The smallest absolute Gasteiger partial charge is 0.259 e. The molecule has 2 saturated heterocycles. The Balaban J connectivity index is 1.26. The second kappa shape index (κ2) is 9.84. The molecule has 33 heavy (non-hydrogen) atoms. The molecule has 0 radical (unpaired) electrons. The highest BCUT2D eigenvalue weighted by Gasteiger charge is 2.24. The first kappa shape index (κ1) is 22.4. The minimum Gasteiger partial charge on any atom is -0.489 e. The number of rotatable bonds is 5. The minimum absolute atomic E-state index is 0.0561. The van der Waals surface area contributed by atoms with Crippen molar-refractivity contribution in [3.8, 4) is 16.9 Å². The summed E-state index contributed by atoms with van der Waals surface area (Å²) in [6.45, 7) is 5.70. The lowest BCUT2D eigenvalue weighted by Gasteiger charge is -2.35. The first-order valence-corrected chi connectivity index (χ1v) is 12.3. The van der Waals surface area contributed by atoms with E-state index in [4.69, 9.17) is 16.3 Å². The van der Waals surface area contributed by atoms with Crippen molar-refractivity contribution in [2.24, 2.45) is 13.0 Å². The van der Waals surface area contributed by atoms with E-state index in [-0.39, 0.29) is 11.7 Å². The van der Waals surface area contributed by atoms with E-state index in [1.165, 1.54) is 19.4 Å². The monoisotopic (exact) mass is 466 g/mol. The van der Waals surface area contributed by atoms with Gasteiger partial charge in [0.05, 0.1) is 10.4 Å². The molecular formula is C26H31ClN4O2. The highest BCUT2D eigenvalue weighted by Crippen LogP contribution is 2.34. The van der Waals surface area contributed by atoms with Gasteiger partial charge in [-0.2, -0.15) is 0 Å². The van der Waals surface area contributed by atoms with Crippen LogP contribution in [0.3, 0.4) is 0 Å². The third-order valence-electron chi connectivity index (χ3n) is 7.03. The Labute approximate surface area is 199 Å². The van der Waals surface area contributed by atoms with Gasteiger partial charge in [-0.15, -0.1) is 0 Å². The van der Waals surface area contributed by atoms with Crippen molar-refractivity contribution in [1.82, 2.24) is 19.8 Å². The van der Waals surface area contributed by atoms with E-state index < -0.39 is 0 Å². The summed E-state index contributed by atoms with van der Waals surface area (Å²) in [5.74, 6) is 1.56. The van der Waals surface area contributed by atoms with Crippen LogP contribution in [0.2, 0.25) is 5.02 Å². The molecule has 2 aromatic heterocycles. The lowest BCUT2D eigenvalue weighted by Crippen LogP contribution is -2.42. The summed E-state index contributed by atoms with van der Waals surface area (Å²) in [5, 5.41) is 5.52. The molecule has 0 amide bonds. The molecule has 1 aromatic carbocycles. The first-order valence-electron chi connectivity index (χ1n) is 11.9. The number of aryl methyl sites for hydroxylation is 1. The van der Waals surface area contributed by atoms with Gasteiger partial charge in [0.25, 0.3) is 5.56 Å². The van der Waals surface area contributed by atoms with E-state index in [0.717, 1.165) is 67.2 Å². The SMILES string of the molecule is Cn1cc(-c2ccc(OC3CCN(CC4CCNCC4)CC3)c(Cl)c2)c2ccncc2c1=O. The molecular weight excluding hydrogens is 436 g/mol. The van der Waals surface area contributed by atoms with Crippen LogP contribution in [-0.2, 0) is 7.05 Å². The van der Waals surface area contributed by atoms with E-state index in [1.54, 1.807) is 24.0 Å². The Bertz CT molecular complexity index is 1180. The summed E-state index contributed by atoms with van der Waals surface area (Å²) >= 11 is 6.66. The molecule has 0 saturated carbocycles. The fourth-order valence-electron chi connectivity index (χ4n) is 5.12. The predicted molar refractivity (Wildman–Crippen MR) is 133 cm³/mol. The van der Waals surface area contributed by atoms with Crippen LogP contribution in [0.25, 0.3) is 21.9 Å². The maximum absolute atomic E-state index is 12.5. The summed E-state index contributed by atoms with van der Waals surface area (Å²) in [6, 6.07) is 7.79. The molecule has 6 nitrogen and oxygen atoms in total. The molecule has 2 aliphatic heterocycles. The number of nitrogens with zero attached hydrogens (tertiary/aromatic N) is 3. The summed E-state index contributed by atoms with van der Waals surface area (Å²) < 4.78 is 7.90. The van der Waals surface area contributed by atoms with Gasteiger partial charge in [0.15, 0.2) is 0 Å². The van der Waals surface area contributed by atoms with Gasteiger partial charge in [0.1, 0.15) is 11.9 Å². The molecule has 0 atom stereocenters. The molecule has 5 rings (SSSR count). The lowest BCUT2D eigenvalue weighted by molar-refractivity contribution is 0.0873. The number of benzene rings is 1. The third kappa shape index (κ3) is 4.93. The van der Waals surface area contributed by atoms with Crippen molar-refractivity contribution in [3.05, 3.63) is 58.2 Å². The topological polar surface area (TPSA) is 59.4 Å². The average molecular weight is 467 g/mol. The number of ether oxygens (including phenoxy) is 1. The number of nitrogens with one attached hydrogen (secondary N) is 1. The maximum Gasteiger partial charge on any atom is 0.259 e. The Kier molecular flexibility index (Phi) is 6.67. The van der Waals surface area contributed by atoms with Crippen molar-refractivity contribution in [1.29, 1.82) is 0 Å². The van der Waals surface area contributed by atoms with Crippen molar-refractivity contribution in [2.75, 3.05) is 32.7 Å². The summed E-state index contributed by atoms with van der Waals surface area (Å²) in [5.41, 5.74) is 1.85. The largest absolute Gasteiger partial charge is 0.489 e. The second-order valence-corrected chi connectivity index (χ2v) is 9.74. The minimum atomic E-state index is -0.0561. The van der Waals surface area contributed by atoms with Gasteiger partial charge in [0, 0.05) is 50.8 Å². The van der Waals surface area contributed by atoms with Gasteiger partial charge in [-0.05, 0) is 73.8 Å². The van der Waals surface area contributed by atoms with Gasteiger partial charge >= 0.3 is 0 Å². The van der Waals surface area contributed by atoms with Crippen molar-refractivity contribution in [2.45, 2.75) is 31.8 Å². The van der Waals surface area contributed by atoms with Crippen LogP contribution < -0.4 is 15.6 Å². The Morgan fingerprint density at radius 1 is 1.12 bits per heavy atom. The van der Waals surface area contributed by atoms with Gasteiger partial charge in [-0.1, -0.05) is 17.7 Å². The standard InChI is InChI=1S/C26H31ClN4O2/c1-30-17-23(21-6-11-29-15-22(21)26(30)32)19-2-3-25(24(27)14-19)33-20-7-12-31(13-8-20)16-18-4-9-28-10-5-18/h2-3,6,11,14-15,17-18,20,28H,4-5,7-10,12-13,16H2,1H3. The van der Waals surface area contributed by atoms with E-state index in [0.29, 0.717) is 10.4 Å². The predicted octanol–water partition coefficient (Wildman–Crippen LogP) is 4.10. The van der Waals surface area contributed by atoms with Crippen LogP contribution in [0.15, 0.2) is 47.7 Å². The summed E-state index contributed by atoms with van der Waals surface area (Å²) in [6.07, 6.45) is 10.0. The first-order chi connectivity index (χ1) is 16.1. The van der Waals surface area contributed by atoms with Crippen LogP contribution in [0, 0.1) is 5.92 Å². The highest BCUT2D eigenvalue weighted by molar-refractivity contribution is 6.32. The number of likely N-dealkylation sites (tertiary alicyclic amines) is 1. The van der Waals surface area contributed by atoms with E-state index in [2.05, 4.69) is 15.2 Å². The zero-order valence-corrected chi connectivity index (χ0v) is 19.9. The molecule has 3 aromatic rings. The zero-order valence-electron chi connectivity index (χ0n) is 19.1. The summed E-state index contributed by atoms with van der Waals surface area (Å²) in [4.78, 5) is 19.2. The van der Waals surface area contributed by atoms with Crippen LogP contribution in [-0.4, -0.2) is 53.3 Å². The number of hydrogen-bond acceptors (Lipinski definition) is 5. The van der Waals surface area contributed by atoms with Crippen LogP contribution in [0.1, 0.15) is 25.7 Å². The number of piperidine rings is 2. The number of fused-ring (bicyclic) bond motifs is 1. The molecule has 7 heteroatoms. The average Bonchev–Trinajstić information content (AvgIpc) is 2.84. The van der Waals surface area contributed by atoms with Crippen molar-refractivity contribution in [3.63, 3.8) is 0 Å². The Morgan fingerprint density at radius 3 is 2.67 bits per heavy atom. The molecule has 2 fully saturated rings. The maximum atomic E-state index is 12.5. The molecule has 2 aliphatic rings. The van der Waals surface area contributed by atoms with Gasteiger partial charge < -0.3 is 19.5 Å². The molecule has 0 spiro atoms. The molecule has 1 N–H and O–H groups in total. The number of halogens is 1. The fraction of sp³-hybridized carbons (Fsp3) is 0.462. The number of pyridine rings is 2. The van der Waals surface area contributed by atoms with Gasteiger partial charge in [0.2, 0.25) is 0 Å². The van der Waals surface area contributed by atoms with Crippen LogP contribution >= 0.6 is 11.6 Å².